The molecule has 0 aliphatic heterocycles. The highest BCUT2D eigenvalue weighted by Crippen LogP contribution is 2.26. The normalized spacial score (nSPS) is 10.1. The van der Waals surface area contributed by atoms with Crippen LogP contribution in [-0.4, -0.2) is 27.6 Å². The van der Waals surface area contributed by atoms with Crippen LogP contribution >= 0.6 is 51.5 Å². The summed E-state index contributed by atoms with van der Waals surface area (Å²) in [6, 6.07) is 0. The third kappa shape index (κ3) is 3.44. The summed E-state index contributed by atoms with van der Waals surface area (Å²) in [7, 11) is 1.81. The zero-order chi connectivity index (χ0) is 12.3. The maximum atomic E-state index is 5.80. The predicted octanol–water partition coefficient (Wildman–Crippen LogP) is 2.79. The van der Waals surface area contributed by atoms with Crippen LogP contribution in [0.15, 0.2) is 4.47 Å². The number of nitrogens with one attached hydrogen (secondary N) is 1. The Bertz CT molecular complexity index is 415. The van der Waals surface area contributed by atoms with Gasteiger partial charge in [0.1, 0.15) is 0 Å². The van der Waals surface area contributed by atoms with Crippen LogP contribution in [0.2, 0.25) is 5.28 Å². The fourth-order valence-corrected chi connectivity index (χ4v) is 1.98. The van der Waals surface area contributed by atoms with Crippen molar-refractivity contribution in [1.82, 2.24) is 15.4 Å². The smallest absolute Gasteiger partial charge is 0.224 e. The van der Waals surface area contributed by atoms with Gasteiger partial charge in [-0.05, 0) is 40.7 Å². The third-order valence-electron chi connectivity index (χ3n) is 1.73. The fourth-order valence-electron chi connectivity index (χ4n) is 0.969. The number of hydrogen-bond donors (Lipinski definition) is 1. The van der Waals surface area contributed by atoms with Gasteiger partial charge in [-0.1, -0.05) is 24.0 Å². The average molecular weight is 342 g/mol. The van der Waals surface area contributed by atoms with Gasteiger partial charge in [0.2, 0.25) is 5.28 Å². The SMILES string of the molecule is CSC(=S)NN(C)c1nc(Cl)nc(C)c1Br. The molecular formula is C8H10BrClN4S2. The Morgan fingerprint density at radius 2 is 2.19 bits per heavy atom. The lowest BCUT2D eigenvalue weighted by Crippen LogP contribution is -2.37. The van der Waals surface area contributed by atoms with Crippen molar-refractivity contribution in [3.8, 4) is 0 Å². The van der Waals surface area contributed by atoms with Crippen LogP contribution < -0.4 is 10.4 Å². The number of thioether (sulfide) groups is 1. The summed E-state index contributed by atoms with van der Waals surface area (Å²) in [6.45, 7) is 1.85. The molecule has 1 N–H and O–H groups in total. The quantitative estimate of drug-likeness (QED) is 0.507. The molecule has 0 aliphatic rings. The van der Waals surface area contributed by atoms with Crippen molar-refractivity contribution in [3.63, 3.8) is 0 Å². The second-order valence-corrected chi connectivity index (χ2v) is 5.49. The maximum absolute atomic E-state index is 5.80. The molecule has 1 aromatic heterocycles. The van der Waals surface area contributed by atoms with Crippen LogP contribution in [0, 0.1) is 6.92 Å². The molecule has 0 saturated heterocycles. The lowest BCUT2D eigenvalue weighted by Gasteiger charge is -2.21. The van der Waals surface area contributed by atoms with Crippen molar-refractivity contribution in [1.29, 1.82) is 0 Å². The van der Waals surface area contributed by atoms with Crippen molar-refractivity contribution in [2.24, 2.45) is 0 Å². The maximum Gasteiger partial charge on any atom is 0.224 e. The third-order valence-corrected chi connectivity index (χ3v) is 3.89. The molecule has 0 aromatic carbocycles. The van der Waals surface area contributed by atoms with Gasteiger partial charge in [0, 0.05) is 7.05 Å². The van der Waals surface area contributed by atoms with Crippen LogP contribution in [0.5, 0.6) is 0 Å². The second-order valence-electron chi connectivity index (χ2n) is 2.88. The molecule has 8 heteroatoms. The zero-order valence-corrected chi connectivity index (χ0v) is 12.9. The molecule has 0 saturated carbocycles. The van der Waals surface area contributed by atoms with Crippen LogP contribution in [0.25, 0.3) is 0 Å². The minimum absolute atomic E-state index is 0.208. The molecule has 0 spiro atoms. The van der Waals surface area contributed by atoms with E-state index >= 15 is 0 Å². The Hall–Kier alpha value is -0.110. The van der Waals surface area contributed by atoms with Crippen molar-refractivity contribution in [2.75, 3.05) is 18.3 Å². The Labute approximate surface area is 117 Å². The van der Waals surface area contributed by atoms with E-state index in [4.69, 9.17) is 23.8 Å². The predicted molar refractivity (Wildman–Crippen MR) is 77.1 cm³/mol. The number of halogens is 2. The Morgan fingerprint density at radius 1 is 1.56 bits per heavy atom. The van der Waals surface area contributed by atoms with E-state index < -0.39 is 0 Å². The number of nitrogens with zero attached hydrogens (tertiary/aromatic N) is 3. The van der Waals surface area contributed by atoms with Crippen molar-refractivity contribution >= 4 is 61.6 Å². The Kier molecular flexibility index (Phi) is 5.23. The van der Waals surface area contributed by atoms with Gasteiger partial charge < -0.3 is 0 Å². The van der Waals surface area contributed by atoms with E-state index in [9.17, 15) is 0 Å². The first-order valence-electron chi connectivity index (χ1n) is 4.23. The Morgan fingerprint density at radius 3 is 2.75 bits per heavy atom. The standard InChI is InChI=1S/C8H10BrClN4S2/c1-4-5(9)6(12-7(10)11-4)14(2)13-8(15)16-3/h1-3H3,(H,13,15). The first-order chi connectivity index (χ1) is 7.45. The second kappa shape index (κ2) is 6.00. The highest BCUT2D eigenvalue weighted by Gasteiger charge is 2.13. The highest BCUT2D eigenvalue weighted by atomic mass is 79.9. The summed E-state index contributed by atoms with van der Waals surface area (Å²) < 4.78 is 1.44. The van der Waals surface area contributed by atoms with Crippen molar-refractivity contribution in [3.05, 3.63) is 15.5 Å². The molecule has 1 aromatic rings. The lowest BCUT2D eigenvalue weighted by molar-refractivity contribution is 0.859. The first-order valence-corrected chi connectivity index (χ1v) is 7.04. The van der Waals surface area contributed by atoms with E-state index in [-0.39, 0.29) is 5.28 Å². The number of hydrogen-bond acceptors (Lipinski definition) is 5. The number of anilines is 1. The molecule has 0 fully saturated rings. The minimum atomic E-state index is 0.208. The van der Waals surface area contributed by atoms with Gasteiger partial charge >= 0.3 is 0 Å². The van der Waals surface area contributed by atoms with Crippen LogP contribution in [-0.2, 0) is 0 Å². The molecule has 0 amide bonds. The molecule has 16 heavy (non-hydrogen) atoms. The number of aromatic nitrogens is 2. The summed E-state index contributed by atoms with van der Waals surface area (Å²) >= 11 is 15.7. The van der Waals surface area contributed by atoms with Gasteiger partial charge in [-0.2, -0.15) is 4.98 Å². The number of rotatable bonds is 2. The van der Waals surface area contributed by atoms with E-state index in [2.05, 4.69) is 31.3 Å². The Balaban J connectivity index is 2.99. The highest BCUT2D eigenvalue weighted by molar-refractivity contribution is 9.10. The molecule has 0 radical (unpaired) electrons. The topological polar surface area (TPSA) is 41.0 Å². The van der Waals surface area contributed by atoms with Gasteiger partial charge in [-0.3, -0.25) is 10.4 Å². The van der Waals surface area contributed by atoms with Gasteiger partial charge in [0.05, 0.1) is 10.2 Å². The van der Waals surface area contributed by atoms with E-state index in [0.29, 0.717) is 10.1 Å². The monoisotopic (exact) mass is 340 g/mol. The van der Waals surface area contributed by atoms with E-state index in [1.807, 2.05) is 20.2 Å². The van der Waals surface area contributed by atoms with Crippen LogP contribution in [0.3, 0.4) is 0 Å². The largest absolute Gasteiger partial charge is 0.282 e. The average Bonchev–Trinajstić information content (AvgIpc) is 2.22. The molecule has 88 valence electrons. The van der Waals surface area contributed by atoms with E-state index in [1.165, 1.54) is 11.8 Å². The molecule has 1 rings (SSSR count). The van der Waals surface area contributed by atoms with Gasteiger partial charge in [0.15, 0.2) is 10.1 Å². The van der Waals surface area contributed by atoms with Gasteiger partial charge in [-0.15, -0.1) is 0 Å². The van der Waals surface area contributed by atoms with E-state index in [1.54, 1.807) is 5.01 Å². The summed E-state index contributed by atoms with van der Waals surface area (Å²) in [5.41, 5.74) is 3.77. The summed E-state index contributed by atoms with van der Waals surface area (Å²) in [5, 5.41) is 1.91. The molecule has 0 bridgehead atoms. The molecule has 4 nitrogen and oxygen atoms in total. The first kappa shape index (κ1) is 14.0. The van der Waals surface area contributed by atoms with Crippen LogP contribution in [0.4, 0.5) is 5.82 Å². The fraction of sp³-hybridized carbons (Fsp3) is 0.375. The minimum Gasteiger partial charge on any atom is -0.282 e. The van der Waals surface area contributed by atoms with E-state index in [0.717, 1.165) is 10.2 Å². The molecule has 0 atom stereocenters. The molecule has 1 heterocycles. The molecular weight excluding hydrogens is 332 g/mol. The summed E-state index contributed by atoms with van der Waals surface area (Å²) in [4.78, 5) is 8.15. The van der Waals surface area contributed by atoms with Crippen molar-refractivity contribution < 1.29 is 0 Å². The summed E-state index contributed by atoms with van der Waals surface area (Å²) in [5.74, 6) is 0.647. The molecule has 0 unspecified atom stereocenters. The number of thiocarbonyl (C=S) groups is 1. The number of aryl methyl sites for hydroxylation is 1. The number of hydrazine groups is 1. The van der Waals surface area contributed by atoms with Gasteiger partial charge in [-0.25, -0.2) is 4.98 Å². The molecule has 0 aliphatic carbocycles. The lowest BCUT2D eigenvalue weighted by atomic mass is 10.4. The summed E-state index contributed by atoms with van der Waals surface area (Å²) in [6.07, 6.45) is 1.90. The van der Waals surface area contributed by atoms with Crippen LogP contribution in [0.1, 0.15) is 5.69 Å². The zero-order valence-electron chi connectivity index (χ0n) is 8.91. The van der Waals surface area contributed by atoms with Gasteiger partial charge in [0.25, 0.3) is 0 Å². The van der Waals surface area contributed by atoms with Crippen molar-refractivity contribution in [2.45, 2.75) is 6.92 Å².